The van der Waals surface area contributed by atoms with Crippen LogP contribution in [0.5, 0.6) is 0 Å². The Balaban J connectivity index is 2.33. The molecule has 44 heavy (non-hydrogen) atoms. The van der Waals surface area contributed by atoms with E-state index in [4.69, 9.17) is 18.3 Å². The highest BCUT2D eigenvalue weighted by Crippen LogP contribution is 2.51. The van der Waals surface area contributed by atoms with Crippen molar-refractivity contribution < 1.29 is 32.5 Å². The van der Waals surface area contributed by atoms with Crippen molar-refractivity contribution >= 4 is 19.6 Å². The van der Waals surface area contributed by atoms with Crippen LogP contribution in [0.3, 0.4) is 0 Å². The number of rotatable bonds is 19. The lowest BCUT2D eigenvalue weighted by atomic mass is 9.91. The van der Waals surface area contributed by atoms with E-state index in [-0.39, 0.29) is 36.9 Å². The molecule has 2 rings (SSSR count). The van der Waals surface area contributed by atoms with Crippen LogP contribution in [0.2, 0.25) is 0 Å². The van der Waals surface area contributed by atoms with E-state index in [1.807, 2.05) is 120 Å². The molecule has 0 heterocycles. The fourth-order valence-electron chi connectivity index (χ4n) is 4.93. The van der Waals surface area contributed by atoms with Crippen LogP contribution in [0.4, 0.5) is 0 Å². The Bertz CT molecular complexity index is 1150. The molecule has 1 N–H and O–H groups in total. The maximum Gasteiger partial charge on any atom is 0.477 e. The smallest absolute Gasteiger partial charge is 0.357 e. The minimum atomic E-state index is -4.13. The van der Waals surface area contributed by atoms with Crippen LogP contribution in [-0.2, 0) is 45.7 Å². The van der Waals surface area contributed by atoms with Crippen LogP contribution in [0.1, 0.15) is 45.2 Å². The normalized spacial score (nSPS) is 14.9. The quantitative estimate of drug-likeness (QED) is 0.121. The summed E-state index contributed by atoms with van der Waals surface area (Å²) in [7, 11) is 2.67. The molecule has 244 valence electrons. The largest absolute Gasteiger partial charge is 0.477 e. The van der Waals surface area contributed by atoms with E-state index in [9.17, 15) is 14.2 Å². The molecule has 11 heteroatoms. The lowest BCUT2D eigenvalue weighted by Crippen LogP contribution is -2.59. The second-order valence-electron chi connectivity index (χ2n) is 11.3. The Morgan fingerprint density at radius 2 is 1.39 bits per heavy atom. The Labute approximate surface area is 263 Å². The molecule has 2 aromatic carbocycles. The second kappa shape index (κ2) is 18.8. The number of hydrogen-bond acceptors (Lipinski definition) is 8. The minimum absolute atomic E-state index is 0.00263. The number of nitrogens with one attached hydrogen (secondary N) is 1. The Hall–Kier alpha value is -2.85. The summed E-state index contributed by atoms with van der Waals surface area (Å²) in [6.45, 7) is 7.26. The first kappa shape index (κ1) is 37.3. The molecule has 0 aliphatic heterocycles. The summed E-state index contributed by atoms with van der Waals surface area (Å²) in [5, 5.41) is 2.68. The van der Waals surface area contributed by atoms with Crippen LogP contribution in [0, 0.1) is 11.8 Å². The van der Waals surface area contributed by atoms with Gasteiger partial charge in [-0.05, 0) is 50.4 Å². The third-order valence-corrected chi connectivity index (χ3v) is 8.58. The Kier molecular flexibility index (Phi) is 16.0. The van der Waals surface area contributed by atoms with Gasteiger partial charge >= 0.3 is 7.82 Å². The van der Waals surface area contributed by atoms with E-state index >= 15 is 0 Å². The number of hydrogen-bond donors (Lipinski definition) is 1. The second-order valence-corrected chi connectivity index (χ2v) is 13.0. The number of benzene rings is 2. The van der Waals surface area contributed by atoms with Crippen molar-refractivity contribution in [2.45, 2.75) is 65.5 Å². The number of carbonyl (C=O) groups is 2. The lowest BCUT2D eigenvalue weighted by Gasteiger charge is -2.39. The highest BCUT2D eigenvalue weighted by atomic mass is 31.2. The molecule has 0 aliphatic rings. The highest BCUT2D eigenvalue weighted by Gasteiger charge is 2.41. The van der Waals surface area contributed by atoms with Crippen LogP contribution < -0.4 is 5.32 Å². The molecular weight excluding hydrogens is 581 g/mol. The van der Waals surface area contributed by atoms with Crippen molar-refractivity contribution in [1.29, 1.82) is 0 Å². The van der Waals surface area contributed by atoms with Gasteiger partial charge in [0.15, 0.2) is 6.79 Å². The van der Waals surface area contributed by atoms with Crippen molar-refractivity contribution in [3.8, 4) is 0 Å². The summed E-state index contributed by atoms with van der Waals surface area (Å²) < 4.78 is 37.2. The number of nitrogens with zero attached hydrogens (tertiary/aromatic N) is 2. The van der Waals surface area contributed by atoms with Crippen molar-refractivity contribution in [2.24, 2.45) is 11.8 Å². The van der Waals surface area contributed by atoms with Gasteiger partial charge < -0.3 is 15.0 Å². The summed E-state index contributed by atoms with van der Waals surface area (Å²) in [6, 6.07) is 17.1. The summed E-state index contributed by atoms with van der Waals surface area (Å²) >= 11 is 0. The zero-order valence-electron chi connectivity index (χ0n) is 27.3. The predicted octanol–water partition coefficient (Wildman–Crippen LogP) is 5.65. The first-order valence-electron chi connectivity index (χ1n) is 14.9. The van der Waals surface area contributed by atoms with E-state index < -0.39 is 32.8 Å². The van der Waals surface area contributed by atoms with Crippen LogP contribution in [-0.4, -0.2) is 74.8 Å². The summed E-state index contributed by atoms with van der Waals surface area (Å²) in [5.41, 5.74) is 1.58. The molecule has 4 unspecified atom stereocenters. The van der Waals surface area contributed by atoms with Gasteiger partial charge in [-0.3, -0.25) is 28.1 Å². The first-order valence-corrected chi connectivity index (χ1v) is 16.4. The average Bonchev–Trinajstić information content (AvgIpc) is 3.01. The first-order chi connectivity index (χ1) is 20.9. The van der Waals surface area contributed by atoms with E-state index in [0.29, 0.717) is 6.42 Å². The van der Waals surface area contributed by atoms with E-state index in [1.165, 1.54) is 11.9 Å². The molecule has 0 radical (unpaired) electrons. The van der Waals surface area contributed by atoms with Crippen LogP contribution in [0.15, 0.2) is 72.8 Å². The molecule has 2 amide bonds. The third-order valence-electron chi connectivity index (χ3n) is 7.27. The van der Waals surface area contributed by atoms with Gasteiger partial charge in [0.25, 0.3) is 0 Å². The molecule has 0 bridgehead atoms. The van der Waals surface area contributed by atoms with Crippen molar-refractivity contribution in [3.63, 3.8) is 0 Å². The van der Waals surface area contributed by atoms with Gasteiger partial charge in [-0.15, -0.1) is 0 Å². The summed E-state index contributed by atoms with van der Waals surface area (Å²) in [5.74, 6) is -0.820. The minimum Gasteiger partial charge on any atom is -0.357 e. The van der Waals surface area contributed by atoms with Gasteiger partial charge in [-0.2, -0.15) is 0 Å². The SMILES string of the molecule is CC=CCC(C)C(OCOP(=O)(OCc1ccccc1)OCc1ccccc1)C(C(=O)NC)N(C)C(=O)C(C(C)C)N(C)C. The molecule has 0 aromatic heterocycles. The molecule has 0 fully saturated rings. The number of ether oxygens (including phenoxy) is 1. The van der Waals surface area contributed by atoms with E-state index in [1.54, 1.807) is 7.05 Å². The third kappa shape index (κ3) is 11.6. The Morgan fingerprint density at radius 1 is 0.864 bits per heavy atom. The van der Waals surface area contributed by atoms with Gasteiger partial charge in [0, 0.05) is 14.1 Å². The average molecular weight is 632 g/mol. The van der Waals surface area contributed by atoms with Gasteiger partial charge in [0.1, 0.15) is 6.04 Å². The van der Waals surface area contributed by atoms with Gasteiger partial charge in [-0.1, -0.05) is 93.6 Å². The fourth-order valence-corrected chi connectivity index (χ4v) is 5.96. The number of carbonyl (C=O) groups excluding carboxylic acids is 2. The molecule has 0 saturated carbocycles. The predicted molar refractivity (Wildman–Crippen MR) is 172 cm³/mol. The zero-order chi connectivity index (χ0) is 32.7. The number of likely N-dealkylation sites (N-methyl/N-ethyl adjacent to an activating group) is 3. The fraction of sp³-hybridized carbons (Fsp3) is 0.515. The van der Waals surface area contributed by atoms with E-state index in [2.05, 4.69) is 5.32 Å². The maximum atomic E-state index is 13.8. The summed E-state index contributed by atoms with van der Waals surface area (Å²) in [4.78, 5) is 30.4. The topological polar surface area (TPSA) is 107 Å². The zero-order valence-corrected chi connectivity index (χ0v) is 28.2. The molecule has 0 spiro atoms. The molecular formula is C33H50N3O7P. The summed E-state index contributed by atoms with van der Waals surface area (Å²) in [6.07, 6.45) is 3.65. The maximum absolute atomic E-state index is 13.8. The highest BCUT2D eigenvalue weighted by molar-refractivity contribution is 7.48. The number of amides is 2. The molecule has 0 saturated heterocycles. The Morgan fingerprint density at radius 3 is 1.82 bits per heavy atom. The van der Waals surface area contributed by atoms with Crippen LogP contribution >= 0.6 is 7.82 Å². The van der Waals surface area contributed by atoms with Gasteiger partial charge in [0.2, 0.25) is 11.8 Å². The van der Waals surface area contributed by atoms with Gasteiger partial charge in [-0.25, -0.2) is 4.57 Å². The van der Waals surface area contributed by atoms with Gasteiger partial charge in [0.05, 0.1) is 25.4 Å². The lowest BCUT2D eigenvalue weighted by molar-refractivity contribution is -0.156. The number of phosphoric acid groups is 1. The molecule has 0 aliphatic carbocycles. The number of allylic oxidation sites excluding steroid dienone is 2. The standard InChI is InChI=1S/C33H50N3O7P/c1-9-10-17-26(4)31(30(32(37)34-5)36(8)33(38)29(25(2)3)35(6)7)40-24-43-44(39,41-22-27-18-13-11-14-19-27)42-23-28-20-15-12-16-21-28/h9-16,18-21,25-26,29-31H,17,22-24H2,1-8H3,(H,34,37). The van der Waals surface area contributed by atoms with E-state index in [0.717, 1.165) is 11.1 Å². The van der Waals surface area contributed by atoms with Crippen molar-refractivity contribution in [1.82, 2.24) is 15.1 Å². The van der Waals surface area contributed by atoms with Crippen molar-refractivity contribution in [3.05, 3.63) is 83.9 Å². The molecule has 2 aromatic rings. The van der Waals surface area contributed by atoms with Crippen LogP contribution in [0.25, 0.3) is 0 Å². The molecule has 4 atom stereocenters. The monoisotopic (exact) mass is 631 g/mol. The number of phosphoric ester groups is 1. The molecule has 10 nitrogen and oxygen atoms in total. The van der Waals surface area contributed by atoms with Crippen molar-refractivity contribution in [2.75, 3.05) is 35.0 Å².